The van der Waals surface area contributed by atoms with E-state index >= 15 is 0 Å². The van der Waals surface area contributed by atoms with E-state index in [1.807, 2.05) is 0 Å². The van der Waals surface area contributed by atoms with Gasteiger partial charge in [0.25, 0.3) is 0 Å². The van der Waals surface area contributed by atoms with Crippen LogP contribution in [0.15, 0.2) is 85.2 Å². The van der Waals surface area contributed by atoms with Gasteiger partial charge in [0.1, 0.15) is 47.6 Å². The van der Waals surface area contributed by atoms with Gasteiger partial charge in [-0.15, -0.1) is 22.7 Å². The molecular weight excluding hydrogens is 703 g/mol. The van der Waals surface area contributed by atoms with Crippen LogP contribution in [0.2, 0.25) is 5.15 Å². The summed E-state index contributed by atoms with van der Waals surface area (Å²) in [5, 5.41) is 3.50. The number of fused-ring (bicyclic) bond motifs is 2. The maximum absolute atomic E-state index is 13.2. The van der Waals surface area contributed by atoms with E-state index in [-0.39, 0.29) is 55.4 Å². The van der Waals surface area contributed by atoms with Gasteiger partial charge in [-0.25, -0.2) is 24.3 Å². The first-order chi connectivity index (χ1) is 22.8. The second kappa shape index (κ2) is 13.4. The van der Waals surface area contributed by atoms with Crippen LogP contribution in [0.1, 0.15) is 15.3 Å². The highest BCUT2D eigenvalue weighted by molar-refractivity contribution is 7.19. The predicted molar refractivity (Wildman–Crippen MR) is 170 cm³/mol. The summed E-state index contributed by atoms with van der Waals surface area (Å²) in [6.07, 6.45) is -5.78. The van der Waals surface area contributed by atoms with Crippen LogP contribution in [0.4, 0.5) is 36.6 Å². The van der Waals surface area contributed by atoms with Crippen LogP contribution in [-0.4, -0.2) is 29.9 Å². The predicted octanol–water partition coefficient (Wildman–Crippen LogP) is 9.95. The van der Waals surface area contributed by atoms with Crippen LogP contribution < -0.4 is 5.32 Å². The van der Waals surface area contributed by atoms with Crippen molar-refractivity contribution in [2.45, 2.75) is 18.9 Å². The standard InChI is InChI=1S/C19H12F4N4S.C12H5ClF3N3S/c20-12-6-4-11(5-7-12)10-25-16-13-9-15(19(21,22)23)28-18(13)27-17(26-16)14-3-1-2-8-24-14;13-9-6-5-8(12(14,15)16)20-11(6)19-10(18-9)7-3-1-2-4-17-7/h1-9H,10H2,(H,25,26,27);1-5H. The minimum absolute atomic E-state index is 0.0117. The molecule has 48 heavy (non-hydrogen) atoms. The Bertz CT molecular complexity index is 2190. The Kier molecular flexibility index (Phi) is 9.22. The highest BCUT2D eigenvalue weighted by Gasteiger charge is 2.34. The Labute approximate surface area is 279 Å². The number of nitrogens with one attached hydrogen (secondary N) is 1. The molecule has 6 heterocycles. The number of pyridine rings is 2. The summed E-state index contributed by atoms with van der Waals surface area (Å²) in [4.78, 5) is 23.9. The Balaban J connectivity index is 0.000000177. The molecule has 7 aromatic rings. The first kappa shape index (κ1) is 33.1. The summed E-state index contributed by atoms with van der Waals surface area (Å²) in [6.45, 7) is 0.269. The maximum Gasteiger partial charge on any atom is 0.425 e. The third kappa shape index (κ3) is 7.50. The highest BCUT2D eigenvalue weighted by atomic mass is 35.5. The summed E-state index contributed by atoms with van der Waals surface area (Å²) in [7, 11) is 0. The number of hydrogen-bond acceptors (Lipinski definition) is 9. The molecule has 1 aromatic carbocycles. The van der Waals surface area contributed by atoms with Crippen molar-refractivity contribution >= 4 is 60.5 Å². The molecule has 7 nitrogen and oxygen atoms in total. The van der Waals surface area contributed by atoms with Gasteiger partial charge in [0.2, 0.25) is 0 Å². The highest BCUT2D eigenvalue weighted by Crippen LogP contribution is 2.41. The Hall–Kier alpha value is -4.80. The fraction of sp³-hybridized carbons (Fsp3) is 0.0968. The van der Waals surface area contributed by atoms with E-state index in [4.69, 9.17) is 11.6 Å². The van der Waals surface area contributed by atoms with E-state index < -0.39 is 22.1 Å². The fourth-order valence-electron chi connectivity index (χ4n) is 4.23. The largest absolute Gasteiger partial charge is 0.425 e. The number of anilines is 1. The molecule has 0 aliphatic rings. The second-order valence-corrected chi connectivity index (χ2v) is 12.2. The lowest BCUT2D eigenvalue weighted by Crippen LogP contribution is -2.04. The number of halogens is 8. The lowest BCUT2D eigenvalue weighted by atomic mass is 10.2. The number of nitrogens with zero attached hydrogens (tertiary/aromatic N) is 6. The van der Waals surface area contributed by atoms with Crippen LogP contribution in [0, 0.1) is 5.82 Å². The third-order valence-corrected chi connectivity index (χ3v) is 8.89. The molecule has 0 aliphatic heterocycles. The van der Waals surface area contributed by atoms with Gasteiger partial charge >= 0.3 is 12.4 Å². The third-order valence-electron chi connectivity index (χ3n) is 6.46. The number of alkyl halides is 6. The Morgan fingerprint density at radius 1 is 0.646 bits per heavy atom. The average Bonchev–Trinajstić information content (AvgIpc) is 3.72. The molecule has 0 radical (unpaired) electrons. The lowest BCUT2D eigenvalue weighted by Gasteiger charge is -2.09. The van der Waals surface area contributed by atoms with Gasteiger partial charge in [-0.3, -0.25) is 9.97 Å². The SMILES string of the molecule is FC(F)(F)c1cc2c(Cl)nc(-c3ccccn3)nc2s1.Fc1ccc(CNc2nc(-c3ccccn3)nc3sc(C(F)(F)F)cc23)cc1. The molecular formula is C31H17ClF7N7S2. The molecule has 0 fully saturated rings. The van der Waals surface area contributed by atoms with E-state index in [1.165, 1.54) is 12.1 Å². The summed E-state index contributed by atoms with van der Waals surface area (Å²) < 4.78 is 90.6. The number of rotatable bonds is 5. The normalized spacial score (nSPS) is 11.8. The summed E-state index contributed by atoms with van der Waals surface area (Å²) >= 11 is 7.03. The monoisotopic (exact) mass is 719 g/mol. The van der Waals surface area contributed by atoms with Crippen LogP contribution in [0.5, 0.6) is 0 Å². The number of aromatic nitrogens is 6. The summed E-state index contributed by atoms with van der Waals surface area (Å²) in [5.41, 5.74) is 1.67. The molecule has 0 aliphatic carbocycles. The smallest absolute Gasteiger partial charge is 0.365 e. The molecule has 7 rings (SSSR count). The molecule has 0 saturated carbocycles. The van der Waals surface area contributed by atoms with Gasteiger partial charge < -0.3 is 5.32 Å². The van der Waals surface area contributed by atoms with Crippen molar-refractivity contribution in [3.8, 4) is 23.0 Å². The summed E-state index contributed by atoms with van der Waals surface area (Å²) in [5.74, 6) is 0.337. The van der Waals surface area contributed by atoms with Crippen molar-refractivity contribution in [2.24, 2.45) is 0 Å². The molecule has 0 saturated heterocycles. The molecule has 6 aromatic heterocycles. The topological polar surface area (TPSA) is 89.4 Å². The first-order valence-electron chi connectivity index (χ1n) is 13.6. The fourth-order valence-corrected chi connectivity index (χ4v) is 6.31. The lowest BCUT2D eigenvalue weighted by molar-refractivity contribution is -0.135. The van der Waals surface area contributed by atoms with Gasteiger partial charge in [-0.2, -0.15) is 26.3 Å². The zero-order chi connectivity index (χ0) is 34.1. The number of benzene rings is 1. The first-order valence-corrected chi connectivity index (χ1v) is 15.6. The zero-order valence-electron chi connectivity index (χ0n) is 23.8. The van der Waals surface area contributed by atoms with Crippen molar-refractivity contribution in [3.05, 3.63) is 111 Å². The zero-order valence-corrected chi connectivity index (χ0v) is 26.2. The van der Waals surface area contributed by atoms with Gasteiger partial charge in [-0.1, -0.05) is 35.9 Å². The van der Waals surface area contributed by atoms with E-state index in [2.05, 4.69) is 35.2 Å². The van der Waals surface area contributed by atoms with Gasteiger partial charge in [0.05, 0.1) is 5.39 Å². The van der Waals surface area contributed by atoms with Crippen molar-refractivity contribution in [2.75, 3.05) is 5.32 Å². The van der Waals surface area contributed by atoms with Crippen LogP contribution in [-0.2, 0) is 18.9 Å². The van der Waals surface area contributed by atoms with Gasteiger partial charge in [0.15, 0.2) is 11.6 Å². The maximum atomic E-state index is 13.2. The average molecular weight is 720 g/mol. The van der Waals surface area contributed by atoms with Crippen molar-refractivity contribution in [1.29, 1.82) is 0 Å². The molecule has 0 bridgehead atoms. The molecule has 0 amide bonds. The van der Waals surface area contributed by atoms with Gasteiger partial charge in [0, 0.05) is 24.3 Å². The molecule has 0 spiro atoms. The van der Waals surface area contributed by atoms with E-state index in [1.54, 1.807) is 60.9 Å². The van der Waals surface area contributed by atoms with Crippen LogP contribution >= 0.6 is 34.3 Å². The number of hydrogen-bond donors (Lipinski definition) is 1. The van der Waals surface area contributed by atoms with E-state index in [0.717, 1.165) is 17.7 Å². The minimum atomic E-state index is -4.47. The quantitative estimate of drug-likeness (QED) is 0.140. The molecule has 0 atom stereocenters. The molecule has 1 N–H and O–H groups in total. The van der Waals surface area contributed by atoms with Crippen LogP contribution in [0.3, 0.4) is 0 Å². The molecule has 17 heteroatoms. The molecule has 244 valence electrons. The minimum Gasteiger partial charge on any atom is -0.365 e. The van der Waals surface area contributed by atoms with E-state index in [9.17, 15) is 30.7 Å². The van der Waals surface area contributed by atoms with Crippen molar-refractivity contribution < 1.29 is 30.7 Å². The van der Waals surface area contributed by atoms with Gasteiger partial charge in [-0.05, 0) is 54.1 Å². The van der Waals surface area contributed by atoms with Crippen LogP contribution in [0.25, 0.3) is 43.5 Å². The molecule has 0 unspecified atom stereocenters. The summed E-state index contributed by atoms with van der Waals surface area (Å²) in [6, 6.07) is 18.1. The number of thiophene rings is 2. The Morgan fingerprint density at radius 2 is 1.17 bits per heavy atom. The van der Waals surface area contributed by atoms with Crippen molar-refractivity contribution in [3.63, 3.8) is 0 Å². The second-order valence-electron chi connectivity index (χ2n) is 9.80. The Morgan fingerprint density at radius 3 is 1.69 bits per heavy atom. The van der Waals surface area contributed by atoms with E-state index in [0.29, 0.717) is 34.1 Å². The van der Waals surface area contributed by atoms with Crippen molar-refractivity contribution in [1.82, 2.24) is 29.9 Å².